The van der Waals surface area contributed by atoms with E-state index in [-0.39, 0.29) is 0 Å². The average Bonchev–Trinajstić information content (AvgIpc) is 2.80. The van der Waals surface area contributed by atoms with Crippen LogP contribution in [0.15, 0.2) is 30.5 Å². The third-order valence-corrected chi connectivity index (χ3v) is 4.03. The topological polar surface area (TPSA) is 29.9 Å². The molecule has 0 bridgehead atoms. The molecule has 0 spiro atoms. The van der Waals surface area contributed by atoms with E-state index in [1.807, 2.05) is 0 Å². The van der Waals surface area contributed by atoms with E-state index in [0.717, 1.165) is 24.6 Å². The number of rotatable bonds is 4. The summed E-state index contributed by atoms with van der Waals surface area (Å²) in [5.41, 5.74) is 4.02. The molecule has 1 aromatic heterocycles. The molecule has 0 saturated carbocycles. The molecule has 0 radical (unpaired) electrons. The van der Waals surface area contributed by atoms with Crippen LogP contribution >= 0.6 is 0 Å². The fraction of sp³-hybridized carbons (Fsp3) is 0.471. The van der Waals surface area contributed by atoms with E-state index < -0.39 is 0 Å². The molecule has 1 unspecified atom stereocenters. The second-order valence-corrected chi connectivity index (χ2v) is 5.69. The minimum atomic E-state index is 0.400. The van der Waals surface area contributed by atoms with Gasteiger partial charge in [-0.2, -0.15) is 0 Å². The Morgan fingerprint density at radius 1 is 1.35 bits per heavy atom. The second kappa shape index (κ2) is 5.70. The maximum Gasteiger partial charge on any atom is 0.203 e. The van der Waals surface area contributed by atoms with Gasteiger partial charge in [0.1, 0.15) is 0 Å². The van der Waals surface area contributed by atoms with Crippen molar-refractivity contribution in [3.05, 3.63) is 47.3 Å². The van der Waals surface area contributed by atoms with Crippen LogP contribution in [0.25, 0.3) is 0 Å². The van der Waals surface area contributed by atoms with Gasteiger partial charge in [0, 0.05) is 12.7 Å². The van der Waals surface area contributed by atoms with Crippen LogP contribution in [0.4, 0.5) is 5.95 Å². The van der Waals surface area contributed by atoms with Crippen molar-refractivity contribution in [1.82, 2.24) is 9.55 Å². The number of nitrogens with zero attached hydrogens (tertiary/aromatic N) is 2. The summed E-state index contributed by atoms with van der Waals surface area (Å²) < 4.78 is 2.24. The Kier molecular flexibility index (Phi) is 3.77. The smallest absolute Gasteiger partial charge is 0.203 e. The molecule has 106 valence electrons. The summed E-state index contributed by atoms with van der Waals surface area (Å²) in [5, 5.41) is 3.66. The Balaban J connectivity index is 1.85. The maximum atomic E-state index is 4.65. The van der Waals surface area contributed by atoms with E-state index in [0.29, 0.717) is 6.04 Å². The van der Waals surface area contributed by atoms with Gasteiger partial charge in [0.05, 0.1) is 11.7 Å². The Hall–Kier alpha value is -1.77. The van der Waals surface area contributed by atoms with E-state index in [1.54, 1.807) is 0 Å². The summed E-state index contributed by atoms with van der Waals surface area (Å²) in [7, 11) is 0. The molecule has 3 nitrogen and oxygen atoms in total. The lowest BCUT2D eigenvalue weighted by Crippen LogP contribution is -2.19. The lowest BCUT2D eigenvalue weighted by Gasteiger charge is -2.27. The quantitative estimate of drug-likeness (QED) is 0.906. The number of nitrogens with one attached hydrogen (secondary N) is 1. The predicted molar refractivity (Wildman–Crippen MR) is 83.0 cm³/mol. The highest BCUT2D eigenvalue weighted by atomic mass is 15.2. The molecule has 2 aromatic rings. The zero-order chi connectivity index (χ0) is 13.9. The number of aromatic nitrogens is 2. The molecule has 3 heteroatoms. The van der Waals surface area contributed by atoms with E-state index >= 15 is 0 Å². The second-order valence-electron chi connectivity index (χ2n) is 5.69. The molecule has 1 N–H and O–H groups in total. The number of fused-ring (bicyclic) bond motifs is 1. The van der Waals surface area contributed by atoms with Crippen LogP contribution in [0.5, 0.6) is 0 Å². The molecule has 0 fully saturated rings. The average molecular weight is 269 g/mol. The van der Waals surface area contributed by atoms with Crippen molar-refractivity contribution in [1.29, 1.82) is 0 Å². The summed E-state index contributed by atoms with van der Waals surface area (Å²) in [6.07, 6.45) is 6.92. The van der Waals surface area contributed by atoms with Crippen molar-refractivity contribution >= 4 is 5.95 Å². The summed E-state index contributed by atoms with van der Waals surface area (Å²) in [6, 6.07) is 9.20. The van der Waals surface area contributed by atoms with Crippen molar-refractivity contribution in [2.24, 2.45) is 0 Å². The van der Waals surface area contributed by atoms with Crippen LogP contribution in [0.3, 0.4) is 0 Å². The first-order valence-corrected chi connectivity index (χ1v) is 7.66. The number of imidazole rings is 1. The maximum absolute atomic E-state index is 4.65. The van der Waals surface area contributed by atoms with Gasteiger partial charge < -0.3 is 9.88 Å². The number of benzene rings is 1. The number of hydrogen-bond acceptors (Lipinski definition) is 2. The molecular formula is C17H23N3. The largest absolute Gasteiger partial charge is 0.349 e. The molecule has 1 aromatic carbocycles. The first kappa shape index (κ1) is 13.2. The third-order valence-electron chi connectivity index (χ3n) is 4.03. The van der Waals surface area contributed by atoms with Gasteiger partial charge in [0.2, 0.25) is 5.95 Å². The van der Waals surface area contributed by atoms with E-state index in [2.05, 4.69) is 59.2 Å². The Bertz CT molecular complexity index is 586. The van der Waals surface area contributed by atoms with E-state index in [1.165, 1.54) is 30.4 Å². The molecule has 3 rings (SSSR count). The standard InChI is InChI=1S/C17H23N3/c1-3-11-20-12-13(2)18-17(20)19-16-10-6-8-14-7-4-5-9-15(14)16/h4-5,7,9,12,16H,3,6,8,10-11H2,1-2H3,(H,18,19). The van der Waals surface area contributed by atoms with Crippen molar-refractivity contribution < 1.29 is 0 Å². The zero-order valence-corrected chi connectivity index (χ0v) is 12.4. The highest BCUT2D eigenvalue weighted by Gasteiger charge is 2.21. The van der Waals surface area contributed by atoms with Gasteiger partial charge in [-0.1, -0.05) is 31.2 Å². The van der Waals surface area contributed by atoms with Crippen LogP contribution in [-0.4, -0.2) is 9.55 Å². The van der Waals surface area contributed by atoms with Gasteiger partial charge >= 0.3 is 0 Å². The van der Waals surface area contributed by atoms with Gasteiger partial charge in [-0.05, 0) is 43.7 Å². The summed E-state index contributed by atoms with van der Waals surface area (Å²) in [6.45, 7) is 5.29. The predicted octanol–water partition coefficient (Wildman–Crippen LogP) is 4.09. The normalized spacial score (nSPS) is 17.8. The molecule has 0 aliphatic heterocycles. The Morgan fingerprint density at radius 3 is 3.05 bits per heavy atom. The fourth-order valence-corrected chi connectivity index (χ4v) is 3.13. The molecule has 1 heterocycles. The summed E-state index contributed by atoms with van der Waals surface area (Å²) in [4.78, 5) is 4.65. The lowest BCUT2D eigenvalue weighted by molar-refractivity contribution is 0.586. The van der Waals surface area contributed by atoms with Gasteiger partial charge in [0.25, 0.3) is 0 Å². The summed E-state index contributed by atoms with van der Waals surface area (Å²) in [5.74, 6) is 1.02. The van der Waals surface area contributed by atoms with Crippen molar-refractivity contribution in [2.75, 3.05) is 5.32 Å². The van der Waals surface area contributed by atoms with E-state index in [4.69, 9.17) is 0 Å². The van der Waals surface area contributed by atoms with Crippen LogP contribution in [0.2, 0.25) is 0 Å². The zero-order valence-electron chi connectivity index (χ0n) is 12.4. The molecule has 1 atom stereocenters. The molecule has 0 saturated heterocycles. The Labute approximate surface area is 121 Å². The number of aryl methyl sites for hydroxylation is 3. The first-order chi connectivity index (χ1) is 9.78. The monoisotopic (exact) mass is 269 g/mol. The fourth-order valence-electron chi connectivity index (χ4n) is 3.13. The van der Waals surface area contributed by atoms with Crippen LogP contribution in [0.1, 0.15) is 49.0 Å². The molecule has 1 aliphatic rings. The Morgan fingerprint density at radius 2 is 2.20 bits per heavy atom. The minimum absolute atomic E-state index is 0.400. The summed E-state index contributed by atoms with van der Waals surface area (Å²) >= 11 is 0. The third kappa shape index (κ3) is 2.58. The molecule has 0 amide bonds. The van der Waals surface area contributed by atoms with E-state index in [9.17, 15) is 0 Å². The van der Waals surface area contributed by atoms with Crippen LogP contribution in [0, 0.1) is 6.92 Å². The first-order valence-electron chi connectivity index (χ1n) is 7.66. The van der Waals surface area contributed by atoms with Gasteiger partial charge in [-0.3, -0.25) is 0 Å². The number of hydrogen-bond donors (Lipinski definition) is 1. The molecule has 20 heavy (non-hydrogen) atoms. The minimum Gasteiger partial charge on any atom is -0.349 e. The van der Waals surface area contributed by atoms with Gasteiger partial charge in [-0.25, -0.2) is 4.98 Å². The molecule has 1 aliphatic carbocycles. The lowest BCUT2D eigenvalue weighted by atomic mass is 9.88. The van der Waals surface area contributed by atoms with Crippen LogP contribution in [-0.2, 0) is 13.0 Å². The van der Waals surface area contributed by atoms with Crippen LogP contribution < -0.4 is 5.32 Å². The highest BCUT2D eigenvalue weighted by Crippen LogP contribution is 2.32. The molecular weight excluding hydrogens is 246 g/mol. The van der Waals surface area contributed by atoms with Crippen molar-refractivity contribution in [3.8, 4) is 0 Å². The highest BCUT2D eigenvalue weighted by molar-refractivity contribution is 5.39. The van der Waals surface area contributed by atoms with Crippen molar-refractivity contribution in [3.63, 3.8) is 0 Å². The van der Waals surface area contributed by atoms with Crippen molar-refractivity contribution in [2.45, 2.75) is 52.1 Å². The van der Waals surface area contributed by atoms with Gasteiger partial charge in [-0.15, -0.1) is 0 Å². The van der Waals surface area contributed by atoms with Gasteiger partial charge in [0.15, 0.2) is 0 Å². The SMILES string of the molecule is CCCn1cc(C)nc1NC1CCCc2ccccc21. The number of anilines is 1.